The molecule has 1 atom stereocenters. The van der Waals surface area contributed by atoms with Gasteiger partial charge in [0.25, 0.3) is 0 Å². The fourth-order valence-electron chi connectivity index (χ4n) is 4.39. The van der Waals surface area contributed by atoms with E-state index in [4.69, 9.17) is 0 Å². The molecule has 0 spiro atoms. The van der Waals surface area contributed by atoms with Gasteiger partial charge >= 0.3 is 6.18 Å². The number of anilines is 1. The summed E-state index contributed by atoms with van der Waals surface area (Å²) in [7, 11) is -4.14. The molecule has 2 amide bonds. The van der Waals surface area contributed by atoms with E-state index in [1.165, 1.54) is 11.0 Å². The van der Waals surface area contributed by atoms with E-state index in [2.05, 4.69) is 21.2 Å². The first-order chi connectivity index (χ1) is 17.8. The van der Waals surface area contributed by atoms with Crippen molar-refractivity contribution in [1.29, 1.82) is 0 Å². The quantitative estimate of drug-likeness (QED) is 0.424. The number of rotatable bonds is 9. The molecule has 0 bridgehead atoms. The maximum absolute atomic E-state index is 13.6. The van der Waals surface area contributed by atoms with Gasteiger partial charge in [-0.3, -0.25) is 13.9 Å². The summed E-state index contributed by atoms with van der Waals surface area (Å²) in [4.78, 5) is 28.0. The van der Waals surface area contributed by atoms with Crippen molar-refractivity contribution in [3.8, 4) is 0 Å². The number of alkyl halides is 3. The number of carbonyl (C=O) groups excluding carboxylic acids is 2. The number of hydrogen-bond acceptors (Lipinski definition) is 4. The minimum absolute atomic E-state index is 0.000888. The van der Waals surface area contributed by atoms with E-state index >= 15 is 0 Å². The van der Waals surface area contributed by atoms with Crippen molar-refractivity contribution in [3.05, 3.63) is 64.1 Å². The Kier molecular flexibility index (Phi) is 9.85. The number of halogens is 4. The minimum atomic E-state index is -4.69. The predicted molar refractivity (Wildman–Crippen MR) is 143 cm³/mol. The molecule has 1 aliphatic rings. The van der Waals surface area contributed by atoms with Gasteiger partial charge in [0.15, 0.2) is 0 Å². The molecule has 0 heterocycles. The molecule has 0 aromatic heterocycles. The highest BCUT2D eigenvalue weighted by Gasteiger charge is 2.34. The highest BCUT2D eigenvalue weighted by Crippen LogP contribution is 2.32. The van der Waals surface area contributed by atoms with Crippen LogP contribution in [0, 0.1) is 0 Å². The lowest BCUT2D eigenvalue weighted by atomic mass is 9.95. The van der Waals surface area contributed by atoms with Crippen molar-refractivity contribution in [2.45, 2.75) is 63.8 Å². The molecular weight excluding hydrogens is 587 g/mol. The Labute approximate surface area is 229 Å². The van der Waals surface area contributed by atoms with E-state index in [0.29, 0.717) is 15.9 Å². The molecule has 208 valence electrons. The van der Waals surface area contributed by atoms with E-state index in [1.54, 1.807) is 31.2 Å². The van der Waals surface area contributed by atoms with E-state index in [1.807, 2.05) is 0 Å². The average molecular weight is 619 g/mol. The van der Waals surface area contributed by atoms with Gasteiger partial charge in [-0.2, -0.15) is 13.2 Å². The van der Waals surface area contributed by atoms with Gasteiger partial charge in [0.2, 0.25) is 21.8 Å². The van der Waals surface area contributed by atoms with Crippen molar-refractivity contribution in [2.24, 2.45) is 0 Å². The van der Waals surface area contributed by atoms with Gasteiger partial charge in [0.05, 0.1) is 17.5 Å². The maximum atomic E-state index is 13.6. The second-order valence-corrected chi connectivity index (χ2v) is 12.3. The van der Waals surface area contributed by atoms with Crippen molar-refractivity contribution >= 4 is 43.5 Å². The molecule has 1 saturated carbocycles. The van der Waals surface area contributed by atoms with Crippen LogP contribution in [0.3, 0.4) is 0 Å². The summed E-state index contributed by atoms with van der Waals surface area (Å²) in [6.07, 6.45) is 0.920. The summed E-state index contributed by atoms with van der Waals surface area (Å²) in [5.74, 6) is -1.09. The minimum Gasteiger partial charge on any atom is -0.352 e. The molecule has 0 radical (unpaired) electrons. The Morgan fingerprint density at radius 1 is 1.08 bits per heavy atom. The third kappa shape index (κ3) is 8.20. The molecular formula is C26H31BrF3N3O4S. The number of hydrogen-bond donors (Lipinski definition) is 1. The van der Waals surface area contributed by atoms with Crippen LogP contribution >= 0.6 is 15.9 Å². The summed E-state index contributed by atoms with van der Waals surface area (Å²) < 4.78 is 66.5. The predicted octanol–water partition coefficient (Wildman–Crippen LogP) is 5.10. The van der Waals surface area contributed by atoms with Gasteiger partial charge < -0.3 is 10.2 Å². The number of sulfonamides is 1. The van der Waals surface area contributed by atoms with Crippen LogP contribution in [-0.2, 0) is 32.3 Å². The molecule has 2 aromatic carbocycles. The van der Waals surface area contributed by atoms with Gasteiger partial charge in [0, 0.05) is 17.1 Å². The lowest BCUT2D eigenvalue weighted by Gasteiger charge is -2.33. The van der Waals surface area contributed by atoms with Crippen LogP contribution in [0.15, 0.2) is 53.0 Å². The number of nitrogens with zero attached hydrogens (tertiary/aromatic N) is 2. The first kappa shape index (κ1) is 29.9. The van der Waals surface area contributed by atoms with Gasteiger partial charge in [-0.05, 0) is 55.7 Å². The van der Waals surface area contributed by atoms with Crippen LogP contribution in [0.1, 0.15) is 50.2 Å². The molecule has 1 N–H and O–H groups in total. The molecule has 0 saturated heterocycles. The lowest BCUT2D eigenvalue weighted by molar-refractivity contribution is -0.139. The van der Waals surface area contributed by atoms with E-state index in [-0.39, 0.29) is 24.2 Å². The number of amides is 2. The smallest absolute Gasteiger partial charge is 0.352 e. The fraction of sp³-hybridized carbons (Fsp3) is 0.462. The number of benzene rings is 2. The molecule has 0 unspecified atom stereocenters. The number of carbonyl (C=O) groups is 2. The third-order valence-corrected chi connectivity index (χ3v) is 8.19. The lowest BCUT2D eigenvalue weighted by Crippen LogP contribution is -2.53. The SMILES string of the molecule is C[C@H](C(=O)NC1CCCCC1)N(Cc1ccc(Br)cc1)C(=O)CN(c1cccc(C(F)(F)F)c1)S(C)(=O)=O. The summed E-state index contributed by atoms with van der Waals surface area (Å²) in [6, 6.07) is 9.91. The van der Waals surface area contributed by atoms with Gasteiger partial charge in [-0.15, -0.1) is 0 Å². The van der Waals surface area contributed by atoms with Gasteiger partial charge in [-0.25, -0.2) is 8.42 Å². The van der Waals surface area contributed by atoms with Crippen LogP contribution < -0.4 is 9.62 Å². The normalized spacial score (nSPS) is 15.5. The fourth-order valence-corrected chi connectivity index (χ4v) is 5.49. The van der Waals surface area contributed by atoms with E-state index in [9.17, 15) is 31.2 Å². The standard InChI is InChI=1S/C26H31BrF3N3O4S/c1-18(25(35)31-22-8-4-3-5-9-22)32(16-19-11-13-21(27)14-12-19)24(34)17-33(38(2,36)37)23-10-6-7-20(15-23)26(28,29)30/h6-7,10-15,18,22H,3-5,8-9,16-17H2,1-2H3,(H,31,35)/t18-/m1/s1. The summed E-state index contributed by atoms with van der Waals surface area (Å²) in [5, 5.41) is 2.99. The molecule has 3 rings (SSSR count). The Morgan fingerprint density at radius 2 is 1.71 bits per heavy atom. The molecule has 38 heavy (non-hydrogen) atoms. The van der Waals surface area contributed by atoms with Crippen molar-refractivity contribution in [2.75, 3.05) is 17.1 Å². The largest absolute Gasteiger partial charge is 0.416 e. The van der Waals surface area contributed by atoms with Gasteiger partial charge in [-0.1, -0.05) is 53.4 Å². The second-order valence-electron chi connectivity index (χ2n) is 9.49. The first-order valence-corrected chi connectivity index (χ1v) is 14.9. The molecule has 1 fully saturated rings. The zero-order valence-corrected chi connectivity index (χ0v) is 23.6. The van der Waals surface area contributed by atoms with E-state index < -0.39 is 40.3 Å². The van der Waals surface area contributed by atoms with Crippen LogP contribution in [0.2, 0.25) is 0 Å². The molecule has 0 aliphatic heterocycles. The molecule has 7 nitrogen and oxygen atoms in total. The van der Waals surface area contributed by atoms with Crippen molar-refractivity contribution in [3.63, 3.8) is 0 Å². The van der Waals surface area contributed by atoms with Crippen LogP contribution in [0.4, 0.5) is 18.9 Å². The zero-order valence-electron chi connectivity index (χ0n) is 21.2. The maximum Gasteiger partial charge on any atom is 0.416 e. The highest BCUT2D eigenvalue weighted by molar-refractivity contribution is 9.10. The Balaban J connectivity index is 1.90. The van der Waals surface area contributed by atoms with Crippen LogP contribution in [-0.4, -0.2) is 50.0 Å². The number of nitrogens with one attached hydrogen (secondary N) is 1. The zero-order chi connectivity index (χ0) is 28.1. The Morgan fingerprint density at radius 3 is 2.29 bits per heavy atom. The summed E-state index contributed by atoms with van der Waals surface area (Å²) in [5.41, 5.74) is -0.634. The van der Waals surface area contributed by atoms with Crippen molar-refractivity contribution < 1.29 is 31.2 Å². The molecule has 2 aromatic rings. The second kappa shape index (κ2) is 12.5. The monoisotopic (exact) mass is 617 g/mol. The first-order valence-electron chi connectivity index (χ1n) is 12.2. The van der Waals surface area contributed by atoms with Gasteiger partial charge in [0.1, 0.15) is 12.6 Å². The van der Waals surface area contributed by atoms with Crippen LogP contribution in [0.25, 0.3) is 0 Å². The van der Waals surface area contributed by atoms with Crippen LogP contribution in [0.5, 0.6) is 0 Å². The Hall–Kier alpha value is -2.60. The molecule has 12 heteroatoms. The highest BCUT2D eigenvalue weighted by atomic mass is 79.9. The average Bonchev–Trinajstić information content (AvgIpc) is 2.86. The summed E-state index contributed by atoms with van der Waals surface area (Å²) >= 11 is 3.35. The van der Waals surface area contributed by atoms with E-state index in [0.717, 1.165) is 55.0 Å². The third-order valence-electron chi connectivity index (χ3n) is 6.53. The topological polar surface area (TPSA) is 86.8 Å². The molecule has 1 aliphatic carbocycles. The summed E-state index contributed by atoms with van der Waals surface area (Å²) in [6.45, 7) is 0.799. The van der Waals surface area contributed by atoms with Crippen molar-refractivity contribution in [1.82, 2.24) is 10.2 Å². The Bertz CT molecular complexity index is 1230.